The van der Waals surface area contributed by atoms with Crippen LogP contribution in [0.25, 0.3) is 22.8 Å². The van der Waals surface area contributed by atoms with E-state index < -0.39 is 0 Å². The molecule has 0 radical (unpaired) electrons. The first kappa shape index (κ1) is 12.2. The highest BCUT2D eigenvalue weighted by atomic mass is 16.5. The van der Waals surface area contributed by atoms with Crippen LogP contribution in [0.5, 0.6) is 11.5 Å². The molecular formula is C14H11N3O3. The zero-order chi connectivity index (χ0) is 13.9. The number of methoxy groups -OCH3 is 1. The molecule has 0 fully saturated rings. The van der Waals surface area contributed by atoms with Crippen LogP contribution < -0.4 is 4.74 Å². The standard InChI is InChI=1S/C14H11N3O3/c1-19-12-4-2-3-9(6-12)13-16-14(20-17-13)10-5-11(18)8-15-7-10/h2-8,18H,1H3. The summed E-state index contributed by atoms with van der Waals surface area (Å²) in [5, 5.41) is 13.3. The second kappa shape index (κ2) is 5.00. The summed E-state index contributed by atoms with van der Waals surface area (Å²) in [6.07, 6.45) is 2.88. The van der Waals surface area contributed by atoms with Gasteiger partial charge in [-0.1, -0.05) is 17.3 Å². The van der Waals surface area contributed by atoms with Crippen LogP contribution in [0.2, 0.25) is 0 Å². The van der Waals surface area contributed by atoms with Crippen LogP contribution >= 0.6 is 0 Å². The van der Waals surface area contributed by atoms with Gasteiger partial charge in [0.2, 0.25) is 5.82 Å². The lowest BCUT2D eigenvalue weighted by atomic mass is 10.2. The number of aromatic hydroxyl groups is 1. The summed E-state index contributed by atoms with van der Waals surface area (Å²) in [4.78, 5) is 8.16. The average molecular weight is 269 g/mol. The molecule has 3 rings (SSSR count). The van der Waals surface area contributed by atoms with Gasteiger partial charge in [-0.25, -0.2) is 0 Å². The molecule has 0 unspecified atom stereocenters. The summed E-state index contributed by atoms with van der Waals surface area (Å²) in [6.45, 7) is 0. The second-order valence-corrected chi connectivity index (χ2v) is 4.09. The quantitative estimate of drug-likeness (QED) is 0.786. The maximum absolute atomic E-state index is 9.40. The first-order chi connectivity index (χ1) is 9.76. The van der Waals surface area contributed by atoms with Crippen molar-refractivity contribution in [3.05, 3.63) is 42.7 Å². The van der Waals surface area contributed by atoms with Crippen molar-refractivity contribution in [3.8, 4) is 34.3 Å². The first-order valence-electron chi connectivity index (χ1n) is 5.89. The molecule has 0 bridgehead atoms. The molecule has 6 nitrogen and oxygen atoms in total. The molecule has 1 aromatic carbocycles. The van der Waals surface area contributed by atoms with E-state index in [1.165, 1.54) is 12.3 Å². The Hall–Kier alpha value is -2.89. The Kier molecular flexibility index (Phi) is 3.04. The molecule has 0 amide bonds. The zero-order valence-corrected chi connectivity index (χ0v) is 10.6. The molecule has 0 aliphatic heterocycles. The van der Waals surface area contributed by atoms with Gasteiger partial charge in [0.05, 0.1) is 18.9 Å². The van der Waals surface area contributed by atoms with Gasteiger partial charge in [0.1, 0.15) is 11.5 Å². The molecule has 0 saturated heterocycles. The van der Waals surface area contributed by atoms with Gasteiger partial charge in [0, 0.05) is 11.8 Å². The Balaban J connectivity index is 1.97. The van der Waals surface area contributed by atoms with Crippen molar-refractivity contribution in [1.29, 1.82) is 0 Å². The fraction of sp³-hybridized carbons (Fsp3) is 0.0714. The van der Waals surface area contributed by atoms with Crippen LogP contribution in [-0.2, 0) is 0 Å². The summed E-state index contributed by atoms with van der Waals surface area (Å²) >= 11 is 0. The second-order valence-electron chi connectivity index (χ2n) is 4.09. The number of aromatic nitrogens is 3. The number of nitrogens with zero attached hydrogens (tertiary/aromatic N) is 3. The Morgan fingerprint density at radius 3 is 2.85 bits per heavy atom. The van der Waals surface area contributed by atoms with Crippen molar-refractivity contribution in [1.82, 2.24) is 15.1 Å². The van der Waals surface area contributed by atoms with Crippen molar-refractivity contribution in [3.63, 3.8) is 0 Å². The van der Waals surface area contributed by atoms with Gasteiger partial charge in [-0.2, -0.15) is 4.98 Å². The number of hydrogen-bond acceptors (Lipinski definition) is 6. The monoisotopic (exact) mass is 269 g/mol. The largest absolute Gasteiger partial charge is 0.506 e. The number of pyridine rings is 1. The Bertz CT molecular complexity index is 740. The molecule has 0 saturated carbocycles. The molecule has 2 aromatic heterocycles. The van der Waals surface area contributed by atoms with Crippen molar-refractivity contribution in [2.45, 2.75) is 0 Å². The van der Waals surface area contributed by atoms with Gasteiger partial charge in [0.15, 0.2) is 0 Å². The summed E-state index contributed by atoms with van der Waals surface area (Å²) in [5.74, 6) is 1.50. The van der Waals surface area contributed by atoms with Gasteiger partial charge < -0.3 is 14.4 Å². The fourth-order valence-electron chi connectivity index (χ4n) is 1.76. The van der Waals surface area contributed by atoms with Gasteiger partial charge in [-0.05, 0) is 18.2 Å². The SMILES string of the molecule is COc1cccc(-c2noc(-c3cncc(O)c3)n2)c1. The number of rotatable bonds is 3. The minimum Gasteiger partial charge on any atom is -0.506 e. The van der Waals surface area contributed by atoms with Gasteiger partial charge >= 0.3 is 0 Å². The molecule has 0 spiro atoms. The van der Waals surface area contributed by atoms with E-state index in [4.69, 9.17) is 9.26 Å². The molecule has 2 heterocycles. The third-order valence-corrected chi connectivity index (χ3v) is 2.72. The van der Waals surface area contributed by atoms with Crippen LogP contribution in [-0.4, -0.2) is 27.3 Å². The van der Waals surface area contributed by atoms with Gasteiger partial charge in [-0.3, -0.25) is 4.98 Å². The Morgan fingerprint density at radius 1 is 1.15 bits per heavy atom. The van der Waals surface area contributed by atoms with Crippen molar-refractivity contribution in [2.24, 2.45) is 0 Å². The van der Waals surface area contributed by atoms with E-state index in [-0.39, 0.29) is 5.75 Å². The van der Waals surface area contributed by atoms with Crippen molar-refractivity contribution in [2.75, 3.05) is 7.11 Å². The van der Waals surface area contributed by atoms with E-state index in [1.54, 1.807) is 13.3 Å². The maximum Gasteiger partial charge on any atom is 0.259 e. The smallest absolute Gasteiger partial charge is 0.259 e. The molecule has 1 N–H and O–H groups in total. The number of hydrogen-bond donors (Lipinski definition) is 1. The highest BCUT2D eigenvalue weighted by molar-refractivity contribution is 5.61. The summed E-state index contributed by atoms with van der Waals surface area (Å²) in [5.41, 5.74) is 1.35. The summed E-state index contributed by atoms with van der Waals surface area (Å²) in [6, 6.07) is 8.87. The lowest BCUT2D eigenvalue weighted by Gasteiger charge is -1.99. The minimum absolute atomic E-state index is 0.0450. The molecule has 20 heavy (non-hydrogen) atoms. The number of benzene rings is 1. The van der Waals surface area contributed by atoms with E-state index in [1.807, 2.05) is 24.3 Å². The molecule has 3 aromatic rings. The number of ether oxygens (including phenoxy) is 1. The molecular weight excluding hydrogens is 258 g/mol. The predicted molar refractivity (Wildman–Crippen MR) is 71.2 cm³/mol. The van der Waals surface area contributed by atoms with E-state index in [0.717, 1.165) is 5.56 Å². The van der Waals surface area contributed by atoms with Crippen LogP contribution in [0.3, 0.4) is 0 Å². The average Bonchev–Trinajstić information content (AvgIpc) is 2.97. The van der Waals surface area contributed by atoms with Crippen LogP contribution in [0.1, 0.15) is 0 Å². The van der Waals surface area contributed by atoms with Crippen LogP contribution in [0.15, 0.2) is 47.2 Å². The zero-order valence-electron chi connectivity index (χ0n) is 10.6. The maximum atomic E-state index is 9.40. The van der Waals surface area contributed by atoms with Crippen molar-refractivity contribution >= 4 is 0 Å². The lowest BCUT2D eigenvalue weighted by molar-refractivity contribution is 0.414. The Morgan fingerprint density at radius 2 is 2.05 bits per heavy atom. The van der Waals surface area contributed by atoms with Crippen LogP contribution in [0.4, 0.5) is 0 Å². The van der Waals surface area contributed by atoms with E-state index in [0.29, 0.717) is 23.0 Å². The molecule has 100 valence electrons. The third kappa shape index (κ3) is 2.31. The summed E-state index contributed by atoms with van der Waals surface area (Å²) < 4.78 is 10.3. The van der Waals surface area contributed by atoms with E-state index in [2.05, 4.69) is 15.1 Å². The summed E-state index contributed by atoms with van der Waals surface area (Å²) in [7, 11) is 1.60. The minimum atomic E-state index is 0.0450. The van der Waals surface area contributed by atoms with Gasteiger partial charge in [-0.15, -0.1) is 0 Å². The van der Waals surface area contributed by atoms with Crippen molar-refractivity contribution < 1.29 is 14.4 Å². The first-order valence-corrected chi connectivity index (χ1v) is 5.89. The van der Waals surface area contributed by atoms with Gasteiger partial charge in [0.25, 0.3) is 5.89 Å². The topological polar surface area (TPSA) is 81.3 Å². The van der Waals surface area contributed by atoms with Crippen LogP contribution in [0, 0.1) is 0 Å². The lowest BCUT2D eigenvalue weighted by Crippen LogP contribution is -1.85. The molecule has 0 aliphatic carbocycles. The van der Waals surface area contributed by atoms with E-state index >= 15 is 0 Å². The molecule has 0 atom stereocenters. The Labute approximate surface area is 114 Å². The highest BCUT2D eigenvalue weighted by Gasteiger charge is 2.11. The normalized spacial score (nSPS) is 10.4. The predicted octanol–water partition coefficient (Wildman–Crippen LogP) is 2.51. The van der Waals surface area contributed by atoms with E-state index in [9.17, 15) is 5.11 Å². The highest BCUT2D eigenvalue weighted by Crippen LogP contribution is 2.25. The third-order valence-electron chi connectivity index (χ3n) is 2.72. The molecule has 0 aliphatic rings. The fourth-order valence-corrected chi connectivity index (χ4v) is 1.76. The molecule has 6 heteroatoms.